The van der Waals surface area contributed by atoms with Crippen molar-refractivity contribution in [3.63, 3.8) is 0 Å². The molecule has 1 amide bonds. The highest BCUT2D eigenvalue weighted by Gasteiger charge is 2.24. The normalized spacial score (nSPS) is 16.4. The molecular weight excluding hydrogens is 349 g/mol. The van der Waals surface area contributed by atoms with E-state index in [1.54, 1.807) is 0 Å². The van der Waals surface area contributed by atoms with E-state index >= 15 is 0 Å². The van der Waals surface area contributed by atoms with Crippen molar-refractivity contribution in [3.05, 3.63) is 29.7 Å². The summed E-state index contributed by atoms with van der Waals surface area (Å²) in [5.41, 5.74) is 0.336. The number of carbonyl (C=O) groups is 2. The molecule has 3 N–H and O–H groups in total. The average Bonchev–Trinajstić information content (AvgIpc) is 2.64. The van der Waals surface area contributed by atoms with Gasteiger partial charge >= 0.3 is 5.97 Å². The molecule has 0 bridgehead atoms. The summed E-state index contributed by atoms with van der Waals surface area (Å²) in [6.07, 6.45) is 9.51. The molecule has 1 aliphatic carbocycles. The second kappa shape index (κ2) is 10.0. The number of carboxylic acids is 1. The van der Waals surface area contributed by atoms with E-state index in [-0.39, 0.29) is 17.6 Å². The summed E-state index contributed by atoms with van der Waals surface area (Å²) in [5.74, 6) is -1.46. The van der Waals surface area contributed by atoms with Crippen molar-refractivity contribution in [1.29, 1.82) is 0 Å². The van der Waals surface area contributed by atoms with Crippen LogP contribution < -0.4 is 10.6 Å². The summed E-state index contributed by atoms with van der Waals surface area (Å²) in [7, 11) is 0. The number of carbonyl (C=O) groups excluding carboxylic acids is 1. The molecular formula is C20H28FN3O3. The van der Waals surface area contributed by atoms with Crippen molar-refractivity contribution in [2.45, 2.75) is 52.0 Å². The van der Waals surface area contributed by atoms with Gasteiger partial charge in [0, 0.05) is 18.8 Å². The molecule has 0 saturated heterocycles. The molecule has 148 valence electrons. The van der Waals surface area contributed by atoms with Gasteiger partial charge in [0.15, 0.2) is 11.6 Å². The zero-order valence-electron chi connectivity index (χ0n) is 15.9. The molecule has 27 heavy (non-hydrogen) atoms. The standard InChI is InChI=1S/C20H28FN3O3/c1-13(2)18(20(27)23-11-14-6-4-3-5-7-14)24-19-16(21)10-15(12-22-19)8-9-17(25)26/h8-10,12-14,18H,3-7,11H2,1-2H3,(H,22,24)(H,23,27)(H,25,26)/t18-/m1/s1. The zero-order chi connectivity index (χ0) is 19.8. The van der Waals surface area contributed by atoms with E-state index in [1.807, 2.05) is 13.8 Å². The third-order valence-corrected chi connectivity index (χ3v) is 4.81. The number of aliphatic carboxylic acids is 1. The molecule has 0 aromatic carbocycles. The third-order valence-electron chi connectivity index (χ3n) is 4.81. The van der Waals surface area contributed by atoms with Crippen molar-refractivity contribution in [1.82, 2.24) is 10.3 Å². The predicted octanol–water partition coefficient (Wildman–Crippen LogP) is 3.45. The van der Waals surface area contributed by atoms with Crippen LogP contribution in [0.1, 0.15) is 51.5 Å². The number of carboxylic acid groups (broad SMARTS) is 1. The Hall–Kier alpha value is -2.44. The molecule has 1 aliphatic rings. The number of rotatable bonds is 8. The van der Waals surface area contributed by atoms with Crippen LogP contribution in [0.3, 0.4) is 0 Å². The monoisotopic (exact) mass is 377 g/mol. The molecule has 1 saturated carbocycles. The summed E-state index contributed by atoms with van der Waals surface area (Å²) in [6.45, 7) is 4.43. The fraction of sp³-hybridized carbons (Fsp3) is 0.550. The highest BCUT2D eigenvalue weighted by atomic mass is 19.1. The van der Waals surface area contributed by atoms with Gasteiger partial charge < -0.3 is 15.7 Å². The Balaban J connectivity index is 1.99. The average molecular weight is 377 g/mol. The summed E-state index contributed by atoms with van der Waals surface area (Å²) in [5, 5.41) is 14.5. The lowest BCUT2D eigenvalue weighted by atomic mass is 9.89. The summed E-state index contributed by atoms with van der Waals surface area (Å²) >= 11 is 0. The smallest absolute Gasteiger partial charge is 0.328 e. The van der Waals surface area contributed by atoms with Crippen LogP contribution in [0.15, 0.2) is 18.3 Å². The van der Waals surface area contributed by atoms with Crippen LogP contribution in [0.25, 0.3) is 6.08 Å². The van der Waals surface area contributed by atoms with Gasteiger partial charge in [-0.2, -0.15) is 0 Å². The molecule has 1 aromatic rings. The maximum absolute atomic E-state index is 14.3. The van der Waals surface area contributed by atoms with Gasteiger partial charge in [0.05, 0.1) is 0 Å². The Kier molecular flexibility index (Phi) is 7.76. The van der Waals surface area contributed by atoms with Crippen molar-refractivity contribution in [2.75, 3.05) is 11.9 Å². The third kappa shape index (κ3) is 6.66. The van der Waals surface area contributed by atoms with Gasteiger partial charge in [-0.3, -0.25) is 4.79 Å². The van der Waals surface area contributed by atoms with E-state index in [0.29, 0.717) is 18.0 Å². The molecule has 0 unspecified atom stereocenters. The van der Waals surface area contributed by atoms with Crippen LogP contribution in [0, 0.1) is 17.7 Å². The van der Waals surface area contributed by atoms with E-state index in [4.69, 9.17) is 5.11 Å². The van der Waals surface area contributed by atoms with Crippen LogP contribution in [-0.4, -0.2) is 34.6 Å². The topological polar surface area (TPSA) is 91.3 Å². The number of hydrogen-bond acceptors (Lipinski definition) is 4. The van der Waals surface area contributed by atoms with Gasteiger partial charge in [-0.25, -0.2) is 14.2 Å². The molecule has 0 spiro atoms. The Bertz CT molecular complexity index is 685. The van der Waals surface area contributed by atoms with Crippen LogP contribution in [0.2, 0.25) is 0 Å². The minimum Gasteiger partial charge on any atom is -0.478 e. The van der Waals surface area contributed by atoms with E-state index in [1.165, 1.54) is 37.6 Å². The van der Waals surface area contributed by atoms with Gasteiger partial charge in [0.2, 0.25) is 5.91 Å². The quantitative estimate of drug-likeness (QED) is 0.604. The van der Waals surface area contributed by atoms with Crippen molar-refractivity contribution in [3.8, 4) is 0 Å². The lowest BCUT2D eigenvalue weighted by Crippen LogP contribution is -2.45. The SMILES string of the molecule is CC(C)[C@@H](Nc1ncc(C=CC(=O)O)cc1F)C(=O)NCC1CCCCC1. The van der Waals surface area contributed by atoms with Crippen molar-refractivity contribution >= 4 is 23.8 Å². The first kappa shape index (κ1) is 20.9. The second-order valence-electron chi connectivity index (χ2n) is 7.39. The molecule has 1 aromatic heterocycles. The number of nitrogens with zero attached hydrogens (tertiary/aromatic N) is 1. The molecule has 0 radical (unpaired) electrons. The largest absolute Gasteiger partial charge is 0.478 e. The van der Waals surface area contributed by atoms with Crippen LogP contribution in [0.4, 0.5) is 10.2 Å². The van der Waals surface area contributed by atoms with E-state index in [9.17, 15) is 14.0 Å². The fourth-order valence-corrected chi connectivity index (χ4v) is 3.25. The molecule has 1 heterocycles. The number of anilines is 1. The Labute approximate surface area is 159 Å². The molecule has 0 aliphatic heterocycles. The molecule has 6 nitrogen and oxygen atoms in total. The minimum absolute atomic E-state index is 0.0195. The number of pyridine rings is 1. The lowest BCUT2D eigenvalue weighted by molar-refractivity contribution is -0.131. The van der Waals surface area contributed by atoms with Crippen LogP contribution in [-0.2, 0) is 9.59 Å². The predicted molar refractivity (Wildman–Crippen MR) is 103 cm³/mol. The number of nitrogens with one attached hydrogen (secondary N) is 2. The van der Waals surface area contributed by atoms with Crippen molar-refractivity contribution in [2.24, 2.45) is 11.8 Å². The number of amides is 1. The van der Waals surface area contributed by atoms with Gasteiger partial charge in [-0.05, 0) is 42.4 Å². The first-order valence-electron chi connectivity index (χ1n) is 9.47. The second-order valence-corrected chi connectivity index (χ2v) is 7.39. The van der Waals surface area contributed by atoms with Crippen LogP contribution in [0.5, 0.6) is 0 Å². The molecule has 7 heteroatoms. The minimum atomic E-state index is -1.12. The molecule has 1 atom stereocenters. The van der Waals surface area contributed by atoms with Crippen molar-refractivity contribution < 1.29 is 19.1 Å². The highest BCUT2D eigenvalue weighted by Crippen LogP contribution is 2.23. The van der Waals surface area contributed by atoms with Gasteiger partial charge in [0.25, 0.3) is 0 Å². The maximum atomic E-state index is 14.3. The first-order valence-corrected chi connectivity index (χ1v) is 9.47. The Morgan fingerprint density at radius 3 is 2.63 bits per heavy atom. The number of halogens is 1. The summed E-state index contributed by atoms with van der Waals surface area (Å²) in [6, 6.07) is 0.586. The van der Waals surface area contributed by atoms with E-state index in [2.05, 4.69) is 15.6 Å². The lowest BCUT2D eigenvalue weighted by Gasteiger charge is -2.26. The van der Waals surface area contributed by atoms with E-state index in [0.717, 1.165) is 18.9 Å². The highest BCUT2D eigenvalue weighted by molar-refractivity contribution is 5.85. The summed E-state index contributed by atoms with van der Waals surface area (Å²) < 4.78 is 14.3. The van der Waals surface area contributed by atoms with Gasteiger partial charge in [-0.1, -0.05) is 33.1 Å². The van der Waals surface area contributed by atoms with Crippen LogP contribution >= 0.6 is 0 Å². The zero-order valence-corrected chi connectivity index (χ0v) is 15.9. The van der Waals surface area contributed by atoms with Gasteiger partial charge in [-0.15, -0.1) is 0 Å². The first-order chi connectivity index (χ1) is 12.9. The van der Waals surface area contributed by atoms with E-state index < -0.39 is 17.8 Å². The molecule has 1 fully saturated rings. The Morgan fingerprint density at radius 1 is 1.33 bits per heavy atom. The molecule has 2 rings (SSSR count). The van der Waals surface area contributed by atoms with Gasteiger partial charge in [0.1, 0.15) is 6.04 Å². The number of hydrogen-bond donors (Lipinski definition) is 3. The number of aromatic nitrogens is 1. The fourth-order valence-electron chi connectivity index (χ4n) is 3.25. The summed E-state index contributed by atoms with van der Waals surface area (Å²) in [4.78, 5) is 27.1. The Morgan fingerprint density at radius 2 is 2.04 bits per heavy atom. The maximum Gasteiger partial charge on any atom is 0.328 e.